The van der Waals surface area contributed by atoms with Crippen molar-refractivity contribution in [3.05, 3.63) is 71.8 Å². The van der Waals surface area contributed by atoms with E-state index >= 15 is 0 Å². The van der Waals surface area contributed by atoms with Crippen LogP contribution in [-0.4, -0.2) is 4.21 Å². The molecule has 0 aliphatic rings. The lowest BCUT2D eigenvalue weighted by atomic mass is 9.57. The first-order valence-electron chi connectivity index (χ1n) is 10.9. The van der Waals surface area contributed by atoms with Crippen molar-refractivity contribution in [3.63, 3.8) is 0 Å². The van der Waals surface area contributed by atoms with Crippen molar-refractivity contribution in [1.82, 2.24) is 0 Å². The highest BCUT2D eigenvalue weighted by atomic mass is 32.1. The highest BCUT2D eigenvalue weighted by Gasteiger charge is 2.50. The van der Waals surface area contributed by atoms with Crippen molar-refractivity contribution in [2.24, 2.45) is 32.8 Å². The summed E-state index contributed by atoms with van der Waals surface area (Å²) < 4.78 is 16.1. The predicted molar refractivity (Wildman–Crippen MR) is 128 cm³/mol. The molecule has 0 bridgehead atoms. The molecule has 0 saturated heterocycles. The van der Waals surface area contributed by atoms with Gasteiger partial charge in [-0.15, -0.1) is 0 Å². The number of rotatable bonds is 8. The van der Waals surface area contributed by atoms with Crippen LogP contribution in [0.25, 0.3) is 0 Å². The Labute approximate surface area is 186 Å². The molecule has 0 aromatic heterocycles. The zero-order chi connectivity index (χ0) is 22.4. The second-order valence-corrected chi connectivity index (χ2v) is 10.9. The van der Waals surface area contributed by atoms with Crippen LogP contribution in [0, 0.1) is 22.7 Å². The lowest BCUT2D eigenvalue weighted by Gasteiger charge is -2.50. The third-order valence-corrected chi connectivity index (χ3v) is 6.55. The summed E-state index contributed by atoms with van der Waals surface area (Å²) in [4.78, 5) is 0. The van der Waals surface area contributed by atoms with Crippen LogP contribution < -0.4 is 5.73 Å². The Bertz CT molecular complexity index is 833. The minimum Gasteiger partial charge on any atom is -0.302 e. The molecule has 0 saturated carbocycles. The molecule has 2 rings (SSSR count). The summed E-state index contributed by atoms with van der Waals surface area (Å²) in [6.45, 7) is 13.5. The van der Waals surface area contributed by atoms with Crippen LogP contribution in [0.5, 0.6) is 0 Å². The van der Waals surface area contributed by atoms with E-state index in [-0.39, 0.29) is 28.2 Å². The highest BCUT2D eigenvalue weighted by Crippen LogP contribution is 2.51. The quantitative estimate of drug-likeness (QED) is 0.521. The first-order chi connectivity index (χ1) is 14.0. The van der Waals surface area contributed by atoms with Crippen molar-refractivity contribution in [2.75, 3.05) is 0 Å². The van der Waals surface area contributed by atoms with Gasteiger partial charge in [0, 0.05) is 5.92 Å². The molecule has 4 heteroatoms. The molecule has 0 aliphatic heterocycles. The summed E-state index contributed by atoms with van der Waals surface area (Å²) in [5, 5.41) is 0. The van der Waals surface area contributed by atoms with E-state index in [2.05, 4.69) is 76.2 Å². The van der Waals surface area contributed by atoms with E-state index in [0.29, 0.717) is 5.92 Å². The molecule has 0 spiro atoms. The second kappa shape index (κ2) is 10.0. The Morgan fingerprint density at radius 2 is 1.40 bits per heavy atom. The number of nitrogens with two attached hydrogens (primary N) is 1. The van der Waals surface area contributed by atoms with Crippen LogP contribution in [0.3, 0.4) is 0 Å². The van der Waals surface area contributed by atoms with Gasteiger partial charge >= 0.3 is 0 Å². The number of benzene rings is 2. The predicted octanol–water partition coefficient (Wildman–Crippen LogP) is 6.54. The second-order valence-electron chi connectivity index (χ2n) is 10.6. The largest absolute Gasteiger partial charge is 0.302 e. The van der Waals surface area contributed by atoms with E-state index in [1.807, 2.05) is 30.3 Å². The van der Waals surface area contributed by atoms with Crippen molar-refractivity contribution in [1.29, 1.82) is 0 Å². The van der Waals surface area contributed by atoms with Gasteiger partial charge in [-0.25, -0.2) is 0 Å². The maximum atomic E-state index is 11.7. The van der Waals surface area contributed by atoms with E-state index in [1.54, 1.807) is 0 Å². The smallest absolute Gasteiger partial charge is 0.201 e. The van der Waals surface area contributed by atoms with Gasteiger partial charge in [0.15, 0.2) is 5.66 Å². The molecule has 2 aromatic rings. The molecule has 164 valence electrons. The first-order valence-corrected chi connectivity index (χ1v) is 11.6. The zero-order valence-electron chi connectivity index (χ0n) is 19.4. The Kier molecular flexibility index (Phi) is 8.18. The van der Waals surface area contributed by atoms with Crippen LogP contribution in [-0.2, 0) is 23.5 Å². The summed E-state index contributed by atoms with van der Waals surface area (Å²) in [6.07, 6.45) is 3.15. The fourth-order valence-electron chi connectivity index (χ4n) is 4.90. The highest BCUT2D eigenvalue weighted by molar-refractivity contribution is 7.54. The maximum absolute atomic E-state index is 11.7. The Balaban J connectivity index is 2.46. The van der Waals surface area contributed by atoms with Crippen LogP contribution >= 0.6 is 0 Å². The average molecular weight is 427 g/mol. The molecule has 30 heavy (non-hydrogen) atoms. The van der Waals surface area contributed by atoms with Crippen molar-refractivity contribution < 1.29 is 4.21 Å². The number of hydrogen-bond donors (Lipinski definition) is 1. The third kappa shape index (κ3) is 6.12. The summed E-state index contributed by atoms with van der Waals surface area (Å²) >= 11 is 0.247. The number of aryl methyl sites for hydroxylation is 1. The zero-order valence-corrected chi connectivity index (χ0v) is 20.2. The topological polar surface area (TPSA) is 55.4 Å². The van der Waals surface area contributed by atoms with Gasteiger partial charge in [-0.2, -0.15) is 8.57 Å². The van der Waals surface area contributed by atoms with Gasteiger partial charge in [0.05, 0.1) is 0 Å². The van der Waals surface area contributed by atoms with Gasteiger partial charge in [0.2, 0.25) is 11.5 Å². The van der Waals surface area contributed by atoms with Crippen LogP contribution in [0.1, 0.15) is 65.5 Å². The van der Waals surface area contributed by atoms with Crippen molar-refractivity contribution >= 4 is 11.5 Å². The Hall–Kier alpha value is -1.78. The van der Waals surface area contributed by atoms with E-state index in [4.69, 9.17) is 5.73 Å². The standard InChI is InChI=1S/C26H38N2OS/c1-24(2,3)22(19-13-16-20-14-9-7-10-15-20)23(25(4,5)6)26(27,28-30-29)21-17-11-8-12-18-21/h7-12,14-15,17-18,22-23H,13,16,19,27H2,1-6H3. The monoisotopic (exact) mass is 426 g/mol. The van der Waals surface area contributed by atoms with E-state index in [0.717, 1.165) is 24.8 Å². The molecule has 0 amide bonds. The average Bonchev–Trinajstić information content (AvgIpc) is 2.67. The van der Waals surface area contributed by atoms with E-state index in [1.165, 1.54) is 5.56 Å². The molecular formula is C26H38N2OS. The molecule has 3 nitrogen and oxygen atoms in total. The summed E-state index contributed by atoms with van der Waals surface area (Å²) in [5.41, 5.74) is 8.17. The molecule has 3 unspecified atom stereocenters. The molecule has 3 atom stereocenters. The summed E-state index contributed by atoms with van der Waals surface area (Å²) in [7, 11) is 0. The SMILES string of the molecule is CC(C)(C)C(CCCc1ccccc1)C(C(C)(C)C)C(N)(N=S=O)c1ccccc1. The molecule has 0 radical (unpaired) electrons. The Morgan fingerprint density at radius 1 is 0.867 bits per heavy atom. The van der Waals surface area contributed by atoms with Gasteiger partial charge in [-0.05, 0) is 47.1 Å². The summed E-state index contributed by atoms with van der Waals surface area (Å²) in [6, 6.07) is 20.6. The van der Waals surface area contributed by atoms with Gasteiger partial charge in [0.1, 0.15) is 0 Å². The molecule has 0 aliphatic carbocycles. The lowest BCUT2D eigenvalue weighted by Crippen LogP contribution is -2.53. The van der Waals surface area contributed by atoms with Crippen molar-refractivity contribution in [3.8, 4) is 0 Å². The maximum Gasteiger partial charge on any atom is 0.201 e. The first kappa shape index (κ1) is 24.5. The van der Waals surface area contributed by atoms with E-state index in [9.17, 15) is 4.21 Å². The number of nitrogens with zero attached hydrogens (tertiary/aromatic N) is 1. The van der Waals surface area contributed by atoms with Gasteiger partial charge in [0.25, 0.3) is 0 Å². The van der Waals surface area contributed by atoms with Gasteiger partial charge in [-0.1, -0.05) is 102 Å². The van der Waals surface area contributed by atoms with Crippen LogP contribution in [0.4, 0.5) is 0 Å². The van der Waals surface area contributed by atoms with Gasteiger partial charge < -0.3 is 5.73 Å². The van der Waals surface area contributed by atoms with Gasteiger partial charge in [-0.3, -0.25) is 0 Å². The fraction of sp³-hybridized carbons (Fsp3) is 0.538. The summed E-state index contributed by atoms with van der Waals surface area (Å²) in [5.74, 6) is 0.298. The molecule has 0 heterocycles. The third-order valence-electron chi connectivity index (χ3n) is 6.17. The molecule has 2 N–H and O–H groups in total. The molecular weight excluding hydrogens is 388 g/mol. The lowest BCUT2D eigenvalue weighted by molar-refractivity contribution is 0.00429. The van der Waals surface area contributed by atoms with Crippen molar-refractivity contribution in [2.45, 2.75) is 66.5 Å². The normalized spacial score (nSPS) is 16.4. The minimum atomic E-state index is -1.05. The fourth-order valence-corrected chi connectivity index (χ4v) is 5.24. The van der Waals surface area contributed by atoms with Crippen LogP contribution in [0.2, 0.25) is 0 Å². The molecule has 2 aromatic carbocycles. The molecule has 0 fully saturated rings. The number of hydrogen-bond acceptors (Lipinski definition) is 3. The van der Waals surface area contributed by atoms with Crippen LogP contribution in [0.15, 0.2) is 65.0 Å². The Morgan fingerprint density at radius 3 is 1.87 bits per heavy atom. The minimum absolute atomic E-state index is 0.00428. The van der Waals surface area contributed by atoms with E-state index < -0.39 is 5.66 Å².